The first-order valence-electron chi connectivity index (χ1n) is 7.88. The van der Waals surface area contributed by atoms with Gasteiger partial charge in [0.2, 0.25) is 0 Å². The number of halogens is 3. The quantitative estimate of drug-likeness (QED) is 0.686. The molecule has 0 bridgehead atoms. The highest BCUT2D eigenvalue weighted by atomic mass is 19.4. The van der Waals surface area contributed by atoms with Gasteiger partial charge in [-0.25, -0.2) is 14.6 Å². The number of pyridine rings is 2. The van der Waals surface area contributed by atoms with Crippen molar-refractivity contribution < 1.29 is 17.9 Å². The van der Waals surface area contributed by atoms with Crippen molar-refractivity contribution in [2.75, 3.05) is 18.1 Å². The van der Waals surface area contributed by atoms with Crippen LogP contribution < -0.4 is 11.5 Å². The Balaban J connectivity index is 1.87. The smallest absolute Gasteiger partial charge is 0.395 e. The highest BCUT2D eigenvalue weighted by molar-refractivity contribution is 5.81. The van der Waals surface area contributed by atoms with Crippen LogP contribution in [0.1, 0.15) is 11.7 Å². The van der Waals surface area contributed by atoms with Crippen molar-refractivity contribution in [3.05, 3.63) is 48.5 Å². The Morgan fingerprint density at radius 1 is 1.18 bits per heavy atom. The van der Waals surface area contributed by atoms with E-state index in [1.54, 1.807) is 12.3 Å². The molecule has 3 aromatic rings. The van der Waals surface area contributed by atoms with E-state index < -0.39 is 18.9 Å². The number of alkyl halides is 3. The average molecular weight is 389 g/mol. The van der Waals surface area contributed by atoms with E-state index in [1.807, 2.05) is 0 Å². The van der Waals surface area contributed by atoms with Crippen molar-refractivity contribution in [1.82, 2.24) is 19.7 Å². The Labute approximate surface area is 157 Å². The summed E-state index contributed by atoms with van der Waals surface area (Å²) in [5.74, 6) is 0.472. The lowest BCUT2D eigenvalue weighted by molar-refractivity contribution is -0.220. The first-order valence-corrected chi connectivity index (χ1v) is 7.88. The second-order valence-electron chi connectivity index (χ2n) is 5.67. The van der Waals surface area contributed by atoms with E-state index >= 15 is 0 Å². The highest BCUT2D eigenvalue weighted by Gasteiger charge is 2.42. The second-order valence-corrected chi connectivity index (χ2v) is 5.67. The standard InChI is InChI=1S/C17H14F3N7O/c18-17(19,20)15(28-6-4-21)10-1-2-13(25-7-10)27-9-11(8-26-27)12-3-5-24-16(23)14(12)22/h1-3,5,7-9,15H,6,22H2,(H2,23,24). The average Bonchev–Trinajstić information content (AvgIpc) is 3.13. The fourth-order valence-electron chi connectivity index (χ4n) is 2.52. The summed E-state index contributed by atoms with van der Waals surface area (Å²) in [5.41, 5.74) is 12.9. The molecule has 0 amide bonds. The normalized spacial score (nSPS) is 12.5. The van der Waals surface area contributed by atoms with Gasteiger partial charge in [0, 0.05) is 35.3 Å². The van der Waals surface area contributed by atoms with Crippen molar-refractivity contribution in [2.24, 2.45) is 0 Å². The van der Waals surface area contributed by atoms with Crippen LogP contribution in [0.2, 0.25) is 0 Å². The minimum atomic E-state index is -4.67. The van der Waals surface area contributed by atoms with Gasteiger partial charge in [-0.3, -0.25) is 0 Å². The van der Waals surface area contributed by atoms with Crippen LogP contribution in [0, 0.1) is 11.3 Å². The lowest BCUT2D eigenvalue weighted by atomic mass is 10.1. The first kappa shape index (κ1) is 19.1. The Hall–Kier alpha value is -3.65. The van der Waals surface area contributed by atoms with E-state index in [1.165, 1.54) is 35.3 Å². The fraction of sp³-hybridized carbons (Fsp3) is 0.176. The summed E-state index contributed by atoms with van der Waals surface area (Å²) >= 11 is 0. The van der Waals surface area contributed by atoms with E-state index in [4.69, 9.17) is 16.7 Å². The molecular weight excluding hydrogens is 375 g/mol. The molecule has 0 saturated carbocycles. The van der Waals surface area contributed by atoms with Crippen LogP contribution in [0.15, 0.2) is 43.0 Å². The monoisotopic (exact) mass is 389 g/mol. The van der Waals surface area contributed by atoms with Gasteiger partial charge in [-0.15, -0.1) is 0 Å². The van der Waals surface area contributed by atoms with E-state index in [9.17, 15) is 13.2 Å². The maximum Gasteiger partial charge on any atom is 0.418 e. The second kappa shape index (κ2) is 7.53. The molecule has 4 N–H and O–H groups in total. The van der Waals surface area contributed by atoms with Gasteiger partial charge < -0.3 is 16.2 Å². The predicted octanol–water partition coefficient (Wildman–Crippen LogP) is 2.64. The molecule has 1 unspecified atom stereocenters. The van der Waals surface area contributed by atoms with Crippen LogP contribution in [0.25, 0.3) is 16.9 Å². The van der Waals surface area contributed by atoms with Gasteiger partial charge in [-0.05, 0) is 12.1 Å². The molecule has 0 aliphatic rings. The van der Waals surface area contributed by atoms with Crippen LogP contribution in [0.3, 0.4) is 0 Å². The lowest BCUT2D eigenvalue weighted by Crippen LogP contribution is -2.24. The van der Waals surface area contributed by atoms with Crippen molar-refractivity contribution >= 4 is 11.5 Å². The van der Waals surface area contributed by atoms with Crippen LogP contribution in [-0.4, -0.2) is 32.5 Å². The Kier molecular flexibility index (Phi) is 5.14. The number of anilines is 2. The van der Waals surface area contributed by atoms with Gasteiger partial charge in [-0.2, -0.15) is 23.5 Å². The number of nitrogens with zero attached hydrogens (tertiary/aromatic N) is 5. The molecule has 28 heavy (non-hydrogen) atoms. The Bertz CT molecular complexity index is 1010. The zero-order valence-corrected chi connectivity index (χ0v) is 14.3. The number of nitrogens with two attached hydrogens (primary N) is 2. The maximum atomic E-state index is 13.1. The summed E-state index contributed by atoms with van der Waals surface area (Å²) in [4.78, 5) is 7.89. The highest BCUT2D eigenvalue weighted by Crippen LogP contribution is 2.35. The molecule has 1 atom stereocenters. The summed E-state index contributed by atoms with van der Waals surface area (Å²) < 4.78 is 45.3. The molecule has 8 nitrogen and oxygen atoms in total. The van der Waals surface area contributed by atoms with Crippen LogP contribution in [0.4, 0.5) is 24.7 Å². The zero-order chi connectivity index (χ0) is 20.3. The van der Waals surface area contributed by atoms with Gasteiger partial charge in [0.1, 0.15) is 12.4 Å². The molecule has 3 aromatic heterocycles. The molecule has 3 heterocycles. The largest absolute Gasteiger partial charge is 0.418 e. The summed E-state index contributed by atoms with van der Waals surface area (Å²) in [6.07, 6.45) is -1.23. The molecule has 0 radical (unpaired) electrons. The molecule has 0 spiro atoms. The lowest BCUT2D eigenvalue weighted by Gasteiger charge is -2.19. The number of nitrogen functional groups attached to an aromatic ring is 2. The molecule has 0 fully saturated rings. The van der Waals surface area contributed by atoms with E-state index in [0.717, 1.165) is 6.20 Å². The Morgan fingerprint density at radius 2 is 1.96 bits per heavy atom. The van der Waals surface area contributed by atoms with Gasteiger partial charge in [0.25, 0.3) is 0 Å². The number of hydrogen-bond acceptors (Lipinski definition) is 7. The molecule has 144 valence electrons. The summed E-state index contributed by atoms with van der Waals surface area (Å²) in [6, 6.07) is 5.78. The van der Waals surface area contributed by atoms with Gasteiger partial charge in [-0.1, -0.05) is 6.07 Å². The van der Waals surface area contributed by atoms with Gasteiger partial charge in [0.15, 0.2) is 11.9 Å². The minimum absolute atomic E-state index is 0.184. The number of ether oxygens (including phenoxy) is 1. The zero-order valence-electron chi connectivity index (χ0n) is 14.3. The third-order valence-corrected chi connectivity index (χ3v) is 3.83. The fourth-order valence-corrected chi connectivity index (χ4v) is 2.52. The molecule has 0 aliphatic heterocycles. The Morgan fingerprint density at radius 3 is 2.61 bits per heavy atom. The number of rotatable bonds is 5. The molecule has 0 saturated heterocycles. The van der Waals surface area contributed by atoms with Crippen molar-refractivity contribution in [1.29, 1.82) is 5.26 Å². The van der Waals surface area contributed by atoms with Crippen molar-refractivity contribution in [3.8, 4) is 23.0 Å². The molecule has 3 rings (SSSR count). The summed E-state index contributed by atoms with van der Waals surface area (Å²) in [6.45, 7) is -0.690. The van der Waals surface area contributed by atoms with Crippen LogP contribution in [-0.2, 0) is 4.74 Å². The van der Waals surface area contributed by atoms with Crippen molar-refractivity contribution in [2.45, 2.75) is 12.3 Å². The SMILES string of the molecule is N#CCOC(c1ccc(-n2cc(-c3ccnc(N)c3N)cn2)nc1)C(F)(F)F. The van der Waals surface area contributed by atoms with Crippen LogP contribution >= 0.6 is 0 Å². The molecule has 0 aromatic carbocycles. The third kappa shape index (κ3) is 3.86. The minimum Gasteiger partial charge on any atom is -0.395 e. The predicted molar refractivity (Wildman–Crippen MR) is 93.8 cm³/mol. The number of aromatic nitrogens is 4. The van der Waals surface area contributed by atoms with Gasteiger partial charge >= 0.3 is 6.18 Å². The maximum absolute atomic E-state index is 13.1. The topological polar surface area (TPSA) is 129 Å². The van der Waals surface area contributed by atoms with Crippen molar-refractivity contribution in [3.63, 3.8) is 0 Å². The first-order chi connectivity index (χ1) is 13.3. The van der Waals surface area contributed by atoms with E-state index in [0.29, 0.717) is 16.8 Å². The third-order valence-electron chi connectivity index (χ3n) is 3.83. The van der Waals surface area contributed by atoms with Gasteiger partial charge in [0.05, 0.1) is 18.0 Å². The number of hydrogen-bond donors (Lipinski definition) is 2. The molecular formula is C17H14F3N7O. The van der Waals surface area contributed by atoms with E-state index in [-0.39, 0.29) is 17.2 Å². The van der Waals surface area contributed by atoms with Crippen LogP contribution in [0.5, 0.6) is 0 Å². The molecule has 0 aliphatic carbocycles. The van der Waals surface area contributed by atoms with E-state index in [2.05, 4.69) is 19.8 Å². The summed E-state index contributed by atoms with van der Waals surface area (Å²) in [7, 11) is 0. The molecule has 11 heteroatoms. The number of nitriles is 1. The summed E-state index contributed by atoms with van der Waals surface area (Å²) in [5, 5.41) is 12.6.